The van der Waals surface area contributed by atoms with Gasteiger partial charge in [-0.3, -0.25) is 0 Å². The maximum atomic E-state index is 6.25. The van der Waals surface area contributed by atoms with Gasteiger partial charge in [0.05, 0.1) is 20.0 Å². The van der Waals surface area contributed by atoms with Gasteiger partial charge in [0.1, 0.15) is 17.9 Å². The van der Waals surface area contributed by atoms with Crippen molar-refractivity contribution in [1.82, 2.24) is 24.5 Å². The first-order valence-electron chi connectivity index (χ1n) is 10.4. The number of fused-ring (bicyclic) bond motifs is 2. The molecule has 0 bridgehead atoms. The minimum atomic E-state index is -0.276. The fraction of sp³-hybridized carbons (Fsp3) is 0.304. The van der Waals surface area contributed by atoms with Crippen LogP contribution < -0.4 is 14.2 Å². The molecule has 1 atom stereocenters. The maximum Gasteiger partial charge on any atom is 0.204 e. The fourth-order valence-corrected chi connectivity index (χ4v) is 3.88. The van der Waals surface area contributed by atoms with Crippen molar-refractivity contribution in [2.45, 2.75) is 31.4 Å². The van der Waals surface area contributed by atoms with E-state index in [9.17, 15) is 0 Å². The third-order valence-corrected chi connectivity index (χ3v) is 5.68. The molecule has 0 amide bonds. The molecule has 0 spiro atoms. The van der Waals surface area contributed by atoms with Crippen LogP contribution in [0.4, 0.5) is 0 Å². The molecule has 156 valence electrons. The monoisotopic (exact) mass is 415 g/mol. The van der Waals surface area contributed by atoms with Crippen molar-refractivity contribution >= 4 is 11.2 Å². The summed E-state index contributed by atoms with van der Waals surface area (Å²) in [5.74, 6) is 3.34. The van der Waals surface area contributed by atoms with E-state index in [4.69, 9.17) is 14.2 Å². The van der Waals surface area contributed by atoms with Crippen LogP contribution in [-0.4, -0.2) is 38.2 Å². The zero-order valence-corrected chi connectivity index (χ0v) is 17.1. The zero-order chi connectivity index (χ0) is 20.8. The molecule has 0 N–H and O–H groups in total. The Morgan fingerprint density at radius 1 is 1.13 bits per heavy atom. The van der Waals surface area contributed by atoms with E-state index >= 15 is 0 Å². The predicted molar refractivity (Wildman–Crippen MR) is 112 cm³/mol. The van der Waals surface area contributed by atoms with Gasteiger partial charge in [0, 0.05) is 30.1 Å². The Balaban J connectivity index is 1.27. The topological polar surface area (TPSA) is 84.2 Å². The third-order valence-electron chi connectivity index (χ3n) is 5.68. The van der Waals surface area contributed by atoms with Crippen molar-refractivity contribution in [3.05, 3.63) is 66.1 Å². The van der Waals surface area contributed by atoms with Gasteiger partial charge in [0.15, 0.2) is 23.3 Å². The summed E-state index contributed by atoms with van der Waals surface area (Å²) in [4.78, 5) is 17.8. The Bertz CT molecular complexity index is 1230. The molecule has 1 fully saturated rings. The number of pyridine rings is 1. The molecule has 3 aromatic heterocycles. The predicted octanol–water partition coefficient (Wildman–Crippen LogP) is 3.67. The Labute approximate surface area is 178 Å². The summed E-state index contributed by atoms with van der Waals surface area (Å²) in [5, 5.41) is 0. The molecule has 2 aliphatic rings. The molecular formula is C23H21N5O3. The van der Waals surface area contributed by atoms with Crippen LogP contribution >= 0.6 is 0 Å². The first-order chi connectivity index (χ1) is 15.3. The molecule has 1 saturated carbocycles. The van der Waals surface area contributed by atoms with Crippen molar-refractivity contribution in [1.29, 1.82) is 0 Å². The Kier molecular flexibility index (Phi) is 4.22. The van der Waals surface area contributed by atoms with Crippen LogP contribution in [0, 0.1) is 0 Å². The van der Waals surface area contributed by atoms with Crippen LogP contribution in [0.1, 0.15) is 41.8 Å². The second-order valence-electron chi connectivity index (χ2n) is 7.91. The Morgan fingerprint density at radius 3 is 2.81 bits per heavy atom. The van der Waals surface area contributed by atoms with E-state index in [0.29, 0.717) is 36.3 Å². The lowest BCUT2D eigenvalue weighted by Crippen LogP contribution is -2.22. The largest absolute Gasteiger partial charge is 0.493 e. The highest BCUT2D eigenvalue weighted by Crippen LogP contribution is 2.44. The quantitative estimate of drug-likeness (QED) is 0.492. The van der Waals surface area contributed by atoms with Crippen molar-refractivity contribution in [2.24, 2.45) is 0 Å². The lowest BCUT2D eigenvalue weighted by molar-refractivity contribution is 0.0864. The normalized spacial score (nSPS) is 17.6. The van der Waals surface area contributed by atoms with E-state index in [0.717, 1.165) is 28.1 Å². The summed E-state index contributed by atoms with van der Waals surface area (Å²) in [6.07, 6.45) is 9.34. The number of benzene rings is 1. The van der Waals surface area contributed by atoms with Crippen LogP contribution in [0.3, 0.4) is 0 Å². The average Bonchev–Trinajstić information content (AvgIpc) is 3.60. The second kappa shape index (κ2) is 7.23. The van der Waals surface area contributed by atoms with Crippen LogP contribution in [0.25, 0.3) is 11.2 Å². The van der Waals surface area contributed by atoms with Gasteiger partial charge in [0.25, 0.3) is 0 Å². The number of methoxy groups -OCH3 is 1. The van der Waals surface area contributed by atoms with Crippen LogP contribution in [0.5, 0.6) is 17.2 Å². The van der Waals surface area contributed by atoms with E-state index in [2.05, 4.69) is 19.9 Å². The molecule has 1 aliphatic carbocycles. The lowest BCUT2D eigenvalue weighted by Gasteiger charge is -2.28. The molecule has 1 unspecified atom stereocenters. The number of hydrogen-bond donors (Lipinski definition) is 0. The van der Waals surface area contributed by atoms with Gasteiger partial charge in [-0.15, -0.1) is 0 Å². The molecule has 1 aliphatic heterocycles. The van der Waals surface area contributed by atoms with E-state index in [1.165, 1.54) is 12.8 Å². The molecular weight excluding hydrogens is 394 g/mol. The van der Waals surface area contributed by atoms with Gasteiger partial charge in [-0.25, -0.2) is 19.9 Å². The molecule has 4 aromatic rings. The van der Waals surface area contributed by atoms with E-state index in [-0.39, 0.29) is 6.10 Å². The highest BCUT2D eigenvalue weighted by molar-refractivity contribution is 5.70. The zero-order valence-electron chi connectivity index (χ0n) is 17.1. The number of ether oxygens (including phenoxy) is 3. The Morgan fingerprint density at radius 2 is 2.00 bits per heavy atom. The standard InChI is InChI=1S/C23H21N5O3/c1-29-18-7-14(11-28-13-27-17-3-2-6-24-23(17)28)8-19-21(18)31-20(12-30-19)16-9-25-22(26-10-16)15-4-5-15/h2-3,6-10,13,15,20H,4-5,11-12H2,1H3. The minimum absolute atomic E-state index is 0.276. The number of nitrogens with zero attached hydrogens (tertiary/aromatic N) is 5. The van der Waals surface area contributed by atoms with Crippen LogP contribution in [0.2, 0.25) is 0 Å². The summed E-state index contributed by atoms with van der Waals surface area (Å²) >= 11 is 0. The summed E-state index contributed by atoms with van der Waals surface area (Å²) < 4.78 is 20.0. The Hall–Kier alpha value is -3.68. The smallest absolute Gasteiger partial charge is 0.204 e. The molecule has 4 heterocycles. The van der Waals surface area contributed by atoms with Gasteiger partial charge in [0.2, 0.25) is 5.75 Å². The first kappa shape index (κ1) is 18.1. The van der Waals surface area contributed by atoms with Crippen molar-refractivity contribution in [2.75, 3.05) is 13.7 Å². The maximum absolute atomic E-state index is 6.25. The minimum Gasteiger partial charge on any atom is -0.493 e. The summed E-state index contributed by atoms with van der Waals surface area (Å²) in [6.45, 7) is 0.988. The summed E-state index contributed by atoms with van der Waals surface area (Å²) in [6, 6.07) is 7.78. The number of rotatable bonds is 5. The molecule has 31 heavy (non-hydrogen) atoms. The molecule has 0 radical (unpaired) electrons. The van der Waals surface area contributed by atoms with Crippen molar-refractivity contribution < 1.29 is 14.2 Å². The third kappa shape index (κ3) is 3.34. The van der Waals surface area contributed by atoms with E-state index in [1.807, 2.05) is 41.2 Å². The highest BCUT2D eigenvalue weighted by atomic mass is 16.6. The lowest BCUT2D eigenvalue weighted by atomic mass is 10.1. The average molecular weight is 415 g/mol. The molecule has 8 nitrogen and oxygen atoms in total. The van der Waals surface area contributed by atoms with Gasteiger partial charge in [-0.2, -0.15) is 0 Å². The molecule has 1 aromatic carbocycles. The SMILES string of the molecule is COc1cc(Cn2cnc3cccnc32)cc2c1OC(c1cnc(C3CC3)nc1)CO2. The summed E-state index contributed by atoms with van der Waals surface area (Å²) in [5.41, 5.74) is 3.62. The second-order valence-corrected chi connectivity index (χ2v) is 7.91. The van der Waals surface area contributed by atoms with Gasteiger partial charge in [-0.1, -0.05) is 0 Å². The highest BCUT2D eigenvalue weighted by Gasteiger charge is 2.29. The van der Waals surface area contributed by atoms with Gasteiger partial charge in [-0.05, 0) is 42.7 Å². The van der Waals surface area contributed by atoms with Gasteiger partial charge >= 0.3 is 0 Å². The van der Waals surface area contributed by atoms with Crippen LogP contribution in [0.15, 0.2) is 49.2 Å². The van der Waals surface area contributed by atoms with Crippen LogP contribution in [-0.2, 0) is 6.54 Å². The fourth-order valence-electron chi connectivity index (χ4n) is 3.88. The first-order valence-corrected chi connectivity index (χ1v) is 10.4. The molecule has 8 heteroatoms. The number of aromatic nitrogens is 5. The van der Waals surface area contributed by atoms with E-state index in [1.54, 1.807) is 19.6 Å². The molecule has 6 rings (SSSR count). The van der Waals surface area contributed by atoms with Crippen molar-refractivity contribution in [3.8, 4) is 17.2 Å². The number of imidazole rings is 1. The molecule has 0 saturated heterocycles. The summed E-state index contributed by atoms with van der Waals surface area (Å²) in [7, 11) is 1.63. The van der Waals surface area contributed by atoms with Gasteiger partial charge < -0.3 is 18.8 Å². The van der Waals surface area contributed by atoms with E-state index < -0.39 is 0 Å². The van der Waals surface area contributed by atoms with Crippen molar-refractivity contribution in [3.63, 3.8) is 0 Å². The number of hydrogen-bond acceptors (Lipinski definition) is 7.